The molecule has 0 N–H and O–H groups in total. The van der Waals surface area contributed by atoms with Gasteiger partial charge in [-0.1, -0.05) is 13.8 Å². The van der Waals surface area contributed by atoms with Crippen molar-refractivity contribution < 1.29 is 14.2 Å². The maximum Gasteiger partial charge on any atom is 0.168 e. The van der Waals surface area contributed by atoms with Crippen molar-refractivity contribution in [3.63, 3.8) is 0 Å². The van der Waals surface area contributed by atoms with E-state index in [1.807, 2.05) is 0 Å². The van der Waals surface area contributed by atoms with Crippen molar-refractivity contribution in [1.29, 1.82) is 0 Å². The van der Waals surface area contributed by atoms with Crippen LogP contribution in [0.15, 0.2) is 11.8 Å². The Morgan fingerprint density at radius 3 is 3.06 bits per heavy atom. The molecular formula is C14H24O3S. The van der Waals surface area contributed by atoms with Crippen molar-refractivity contribution in [2.75, 3.05) is 12.5 Å². The first-order valence-corrected chi connectivity index (χ1v) is 7.48. The van der Waals surface area contributed by atoms with Crippen LogP contribution < -0.4 is 0 Å². The van der Waals surface area contributed by atoms with Gasteiger partial charge in [0.1, 0.15) is 5.94 Å². The molecule has 1 aliphatic carbocycles. The van der Waals surface area contributed by atoms with Crippen LogP contribution in [0.2, 0.25) is 0 Å². The van der Waals surface area contributed by atoms with Crippen molar-refractivity contribution >= 4 is 12.6 Å². The molecule has 3 nitrogen and oxygen atoms in total. The quantitative estimate of drug-likeness (QED) is 0.628. The summed E-state index contributed by atoms with van der Waals surface area (Å²) in [7, 11) is 0. The van der Waals surface area contributed by atoms with Crippen LogP contribution in [0.3, 0.4) is 0 Å². The van der Waals surface area contributed by atoms with Crippen molar-refractivity contribution in [3.05, 3.63) is 11.8 Å². The number of ether oxygens (including phenoxy) is 3. The van der Waals surface area contributed by atoms with E-state index in [2.05, 4.69) is 39.5 Å². The molecule has 0 saturated carbocycles. The molecule has 1 heterocycles. The molecule has 4 atom stereocenters. The summed E-state index contributed by atoms with van der Waals surface area (Å²) in [5.74, 6) is 1.79. The lowest BCUT2D eigenvalue weighted by Crippen LogP contribution is -2.51. The number of hydrogen-bond donors (Lipinski definition) is 1. The Labute approximate surface area is 115 Å². The molecule has 0 bridgehead atoms. The average molecular weight is 272 g/mol. The van der Waals surface area contributed by atoms with Crippen molar-refractivity contribution in [2.45, 2.75) is 51.9 Å². The Hall–Kier alpha value is -0.190. The minimum atomic E-state index is -0.425. The summed E-state index contributed by atoms with van der Waals surface area (Å²) >= 11 is 4.09. The second-order valence-electron chi connectivity index (χ2n) is 5.40. The fourth-order valence-corrected chi connectivity index (χ4v) is 2.82. The van der Waals surface area contributed by atoms with Crippen LogP contribution in [-0.2, 0) is 14.2 Å². The largest absolute Gasteiger partial charge is 0.488 e. The van der Waals surface area contributed by atoms with Crippen LogP contribution >= 0.6 is 12.6 Å². The molecule has 18 heavy (non-hydrogen) atoms. The molecule has 1 aliphatic heterocycles. The zero-order valence-corrected chi connectivity index (χ0v) is 12.4. The van der Waals surface area contributed by atoms with Crippen LogP contribution in [0, 0.1) is 11.8 Å². The molecule has 2 aliphatic rings. The lowest BCUT2D eigenvalue weighted by atomic mass is 9.88. The van der Waals surface area contributed by atoms with Gasteiger partial charge in [-0.05, 0) is 25.8 Å². The van der Waals surface area contributed by atoms with Gasteiger partial charge in [-0.3, -0.25) is 0 Å². The van der Waals surface area contributed by atoms with Gasteiger partial charge in [-0.15, -0.1) is 12.6 Å². The first-order chi connectivity index (χ1) is 8.59. The van der Waals surface area contributed by atoms with Crippen LogP contribution in [-0.4, -0.2) is 24.4 Å². The number of fused-ring (bicyclic) bond motifs is 1. The summed E-state index contributed by atoms with van der Waals surface area (Å²) in [4.78, 5) is 0. The van der Waals surface area contributed by atoms with Crippen LogP contribution in [0.25, 0.3) is 0 Å². The number of thiol groups is 1. The lowest BCUT2D eigenvalue weighted by molar-refractivity contribution is -0.320. The predicted molar refractivity (Wildman–Crippen MR) is 74.4 cm³/mol. The number of rotatable bonds is 4. The van der Waals surface area contributed by atoms with E-state index < -0.39 is 5.79 Å². The maximum absolute atomic E-state index is 6.22. The molecule has 0 spiro atoms. The normalized spacial score (nSPS) is 37.7. The van der Waals surface area contributed by atoms with Gasteiger partial charge < -0.3 is 14.2 Å². The van der Waals surface area contributed by atoms with Crippen LogP contribution in [0.1, 0.15) is 40.0 Å². The summed E-state index contributed by atoms with van der Waals surface area (Å²) in [5.41, 5.74) is 0. The van der Waals surface area contributed by atoms with Gasteiger partial charge in [0.2, 0.25) is 0 Å². The first kappa shape index (κ1) is 14.2. The highest BCUT2D eigenvalue weighted by molar-refractivity contribution is 7.80. The van der Waals surface area contributed by atoms with Gasteiger partial charge in [-0.2, -0.15) is 0 Å². The Bertz CT molecular complexity index is 318. The summed E-state index contributed by atoms with van der Waals surface area (Å²) in [6.07, 6.45) is 5.45. The highest BCUT2D eigenvalue weighted by Gasteiger charge is 2.43. The fraction of sp³-hybridized carbons (Fsp3) is 0.857. The molecule has 0 aromatic rings. The monoisotopic (exact) mass is 272 g/mol. The third kappa shape index (κ3) is 2.86. The van der Waals surface area contributed by atoms with E-state index in [0.717, 1.165) is 31.6 Å². The van der Waals surface area contributed by atoms with E-state index in [0.29, 0.717) is 17.8 Å². The van der Waals surface area contributed by atoms with E-state index in [9.17, 15) is 0 Å². The first-order valence-electron chi connectivity index (χ1n) is 6.85. The van der Waals surface area contributed by atoms with E-state index >= 15 is 0 Å². The minimum Gasteiger partial charge on any atom is -0.488 e. The summed E-state index contributed by atoms with van der Waals surface area (Å²) in [6.45, 7) is 7.16. The zero-order chi connectivity index (χ0) is 13.2. The average Bonchev–Trinajstić information content (AvgIpc) is 2.38. The lowest BCUT2D eigenvalue weighted by Gasteiger charge is -2.46. The van der Waals surface area contributed by atoms with Crippen LogP contribution in [0.5, 0.6) is 0 Å². The van der Waals surface area contributed by atoms with Gasteiger partial charge in [-0.25, -0.2) is 0 Å². The van der Waals surface area contributed by atoms with Gasteiger partial charge in [0.25, 0.3) is 0 Å². The zero-order valence-electron chi connectivity index (χ0n) is 11.5. The third-order valence-corrected chi connectivity index (χ3v) is 4.39. The van der Waals surface area contributed by atoms with Crippen LogP contribution in [0.4, 0.5) is 0 Å². The topological polar surface area (TPSA) is 27.7 Å². The molecule has 0 radical (unpaired) electrons. The van der Waals surface area contributed by atoms with E-state index in [4.69, 9.17) is 14.2 Å². The van der Waals surface area contributed by atoms with Crippen molar-refractivity contribution in [3.8, 4) is 0 Å². The van der Waals surface area contributed by atoms with E-state index in [1.54, 1.807) is 0 Å². The fourth-order valence-electron chi connectivity index (χ4n) is 2.66. The molecular weight excluding hydrogens is 248 g/mol. The van der Waals surface area contributed by atoms with E-state index in [1.165, 1.54) is 0 Å². The smallest absolute Gasteiger partial charge is 0.168 e. The molecule has 3 unspecified atom stereocenters. The Morgan fingerprint density at radius 1 is 1.61 bits per heavy atom. The van der Waals surface area contributed by atoms with E-state index in [-0.39, 0.29) is 6.10 Å². The Balaban J connectivity index is 2.02. The number of hydrogen-bond acceptors (Lipinski definition) is 4. The molecule has 1 fully saturated rings. The maximum atomic E-state index is 6.22. The molecule has 1 saturated heterocycles. The van der Waals surface area contributed by atoms with Gasteiger partial charge in [0.15, 0.2) is 5.79 Å². The molecule has 104 valence electrons. The molecule has 0 aromatic carbocycles. The molecule has 2 rings (SSSR count). The second-order valence-corrected chi connectivity index (χ2v) is 5.66. The predicted octanol–water partition coefficient (Wildman–Crippen LogP) is 3.36. The molecule has 4 heteroatoms. The summed E-state index contributed by atoms with van der Waals surface area (Å²) in [6, 6.07) is 0. The third-order valence-electron chi connectivity index (χ3n) is 4.26. The minimum absolute atomic E-state index is 0.269. The Kier molecular flexibility index (Phi) is 4.62. The van der Waals surface area contributed by atoms with Gasteiger partial charge in [0, 0.05) is 18.3 Å². The summed E-state index contributed by atoms with van der Waals surface area (Å²) in [5, 5.41) is 0. The summed E-state index contributed by atoms with van der Waals surface area (Å²) < 4.78 is 17.7. The molecule has 0 aromatic heterocycles. The van der Waals surface area contributed by atoms with Gasteiger partial charge in [0.05, 0.1) is 18.5 Å². The van der Waals surface area contributed by atoms with Crippen molar-refractivity contribution in [2.24, 2.45) is 11.8 Å². The van der Waals surface area contributed by atoms with Crippen molar-refractivity contribution in [1.82, 2.24) is 0 Å². The standard InChI is InChI=1S/C14H24O3S/c1-4-10(2)14(3)16-8-11-7-12(15-9-18)5-6-13(11)17-14/h7,10-11,13,18H,4-6,8-9H2,1-3H3/t10?,11?,13-,14?/m1/s1. The highest BCUT2D eigenvalue weighted by Crippen LogP contribution is 2.39. The number of allylic oxidation sites excluding steroid dienone is 1. The van der Waals surface area contributed by atoms with Gasteiger partial charge >= 0.3 is 0 Å². The Morgan fingerprint density at radius 2 is 2.39 bits per heavy atom. The second kappa shape index (κ2) is 5.85. The highest BCUT2D eigenvalue weighted by atomic mass is 32.1. The SMILES string of the molecule is CCC(C)C1(C)OCC2C=C(OCS)CC[C@H]2O1. The molecule has 0 amide bonds.